The molecule has 0 heterocycles. The molecule has 2 aromatic rings. The van der Waals surface area contributed by atoms with Crippen LogP contribution in [0.4, 0.5) is 0 Å². The number of hydrogen-bond donors (Lipinski definition) is 1. The van der Waals surface area contributed by atoms with Crippen LogP contribution in [-0.4, -0.2) is 18.6 Å². The lowest BCUT2D eigenvalue weighted by Gasteiger charge is -2.12. The minimum atomic E-state index is -0.0330. The second-order valence-corrected chi connectivity index (χ2v) is 5.31. The van der Waals surface area contributed by atoms with Crippen LogP contribution in [0.3, 0.4) is 0 Å². The van der Waals surface area contributed by atoms with Crippen molar-refractivity contribution >= 4 is 5.91 Å². The lowest BCUT2D eigenvalue weighted by Crippen LogP contribution is -2.35. The van der Waals surface area contributed by atoms with Gasteiger partial charge in [-0.05, 0) is 49.1 Å². The van der Waals surface area contributed by atoms with Gasteiger partial charge in [0.25, 0.3) is 5.91 Å². The summed E-state index contributed by atoms with van der Waals surface area (Å²) in [6, 6.07) is 15.9. The average molecular weight is 281 g/mol. The van der Waals surface area contributed by atoms with Gasteiger partial charge in [0.15, 0.2) is 0 Å². The van der Waals surface area contributed by atoms with Gasteiger partial charge in [-0.15, -0.1) is 0 Å². The van der Waals surface area contributed by atoms with E-state index in [1.165, 1.54) is 11.1 Å². The zero-order valence-corrected chi connectivity index (χ0v) is 12.1. The summed E-state index contributed by atoms with van der Waals surface area (Å²) in [5.74, 6) is 0.703. The zero-order chi connectivity index (χ0) is 14.7. The molecule has 0 unspecified atom stereocenters. The molecule has 108 valence electrons. The first-order chi connectivity index (χ1) is 10.3. The summed E-state index contributed by atoms with van der Waals surface area (Å²) in [5.41, 5.74) is 3.33. The van der Waals surface area contributed by atoms with Gasteiger partial charge in [0.2, 0.25) is 0 Å². The van der Waals surface area contributed by atoms with E-state index < -0.39 is 0 Å². The third-order valence-electron chi connectivity index (χ3n) is 3.79. The van der Waals surface area contributed by atoms with E-state index in [-0.39, 0.29) is 11.9 Å². The second-order valence-electron chi connectivity index (χ2n) is 5.31. The van der Waals surface area contributed by atoms with Gasteiger partial charge in [-0.25, -0.2) is 0 Å². The van der Waals surface area contributed by atoms with E-state index in [0.29, 0.717) is 12.2 Å². The van der Waals surface area contributed by atoms with Crippen molar-refractivity contribution < 1.29 is 9.53 Å². The highest BCUT2D eigenvalue weighted by molar-refractivity contribution is 5.94. The Labute approximate surface area is 124 Å². The highest BCUT2D eigenvalue weighted by atomic mass is 16.5. The van der Waals surface area contributed by atoms with Gasteiger partial charge in [0.1, 0.15) is 5.75 Å². The zero-order valence-electron chi connectivity index (χ0n) is 12.1. The summed E-state index contributed by atoms with van der Waals surface area (Å²) in [4.78, 5) is 12.3. The van der Waals surface area contributed by atoms with Crippen molar-refractivity contribution in [2.45, 2.75) is 25.8 Å². The number of nitrogens with one attached hydrogen (secondary N) is 1. The van der Waals surface area contributed by atoms with E-state index in [0.717, 1.165) is 18.6 Å². The van der Waals surface area contributed by atoms with Crippen LogP contribution >= 0.6 is 0 Å². The van der Waals surface area contributed by atoms with E-state index in [1.54, 1.807) is 6.07 Å². The van der Waals surface area contributed by atoms with Gasteiger partial charge >= 0.3 is 0 Å². The van der Waals surface area contributed by atoms with Crippen molar-refractivity contribution in [1.82, 2.24) is 5.32 Å². The summed E-state index contributed by atoms with van der Waals surface area (Å²) >= 11 is 0. The number of benzene rings is 2. The number of fused-ring (bicyclic) bond motifs is 1. The molecule has 1 amide bonds. The van der Waals surface area contributed by atoms with Gasteiger partial charge in [-0.2, -0.15) is 0 Å². The number of rotatable bonds is 4. The molecular formula is C18H19NO2. The Morgan fingerprint density at radius 3 is 2.52 bits per heavy atom. The molecule has 21 heavy (non-hydrogen) atoms. The van der Waals surface area contributed by atoms with Crippen LogP contribution in [0.2, 0.25) is 0 Å². The monoisotopic (exact) mass is 281 g/mol. The summed E-state index contributed by atoms with van der Waals surface area (Å²) in [6.07, 6.45) is 1.82. The van der Waals surface area contributed by atoms with Crippen molar-refractivity contribution in [2.24, 2.45) is 0 Å². The fourth-order valence-electron chi connectivity index (χ4n) is 2.82. The number of hydrogen-bond acceptors (Lipinski definition) is 2. The van der Waals surface area contributed by atoms with Crippen molar-refractivity contribution in [3.63, 3.8) is 0 Å². The van der Waals surface area contributed by atoms with Crippen LogP contribution in [0.15, 0.2) is 48.5 Å². The Balaban J connectivity index is 1.66. The summed E-state index contributed by atoms with van der Waals surface area (Å²) in [6.45, 7) is 2.53. The molecule has 2 aromatic carbocycles. The molecule has 0 aromatic heterocycles. The smallest absolute Gasteiger partial charge is 0.251 e. The highest BCUT2D eigenvalue weighted by Crippen LogP contribution is 2.22. The Kier molecular flexibility index (Phi) is 3.91. The largest absolute Gasteiger partial charge is 0.494 e. The molecule has 0 aliphatic heterocycles. The van der Waals surface area contributed by atoms with Crippen LogP contribution in [0.1, 0.15) is 28.4 Å². The van der Waals surface area contributed by atoms with Gasteiger partial charge in [-0.1, -0.05) is 30.3 Å². The highest BCUT2D eigenvalue weighted by Gasteiger charge is 2.22. The van der Waals surface area contributed by atoms with Crippen molar-refractivity contribution in [2.75, 3.05) is 6.61 Å². The van der Waals surface area contributed by atoms with Crippen LogP contribution < -0.4 is 10.1 Å². The Hall–Kier alpha value is -2.29. The van der Waals surface area contributed by atoms with Crippen molar-refractivity contribution in [3.05, 3.63) is 65.2 Å². The van der Waals surface area contributed by atoms with E-state index in [1.807, 2.05) is 25.1 Å². The third kappa shape index (κ3) is 3.07. The normalized spacial score (nSPS) is 13.8. The molecule has 3 nitrogen and oxygen atoms in total. The molecule has 0 spiro atoms. The van der Waals surface area contributed by atoms with Gasteiger partial charge in [0.05, 0.1) is 6.61 Å². The van der Waals surface area contributed by atoms with E-state index in [4.69, 9.17) is 4.74 Å². The molecule has 3 heteroatoms. The fourth-order valence-corrected chi connectivity index (χ4v) is 2.82. The van der Waals surface area contributed by atoms with Crippen LogP contribution in [0.25, 0.3) is 0 Å². The SMILES string of the molecule is CCOc1cccc(C(=O)NC2Cc3ccccc3C2)c1. The molecular weight excluding hydrogens is 262 g/mol. The standard InChI is InChI=1S/C18H19NO2/c1-2-21-17-9-5-8-15(12-17)18(20)19-16-10-13-6-3-4-7-14(13)11-16/h3-9,12,16H,2,10-11H2,1H3,(H,19,20). The minimum Gasteiger partial charge on any atom is -0.494 e. The minimum absolute atomic E-state index is 0.0330. The summed E-state index contributed by atoms with van der Waals surface area (Å²) in [5, 5.41) is 3.12. The summed E-state index contributed by atoms with van der Waals surface area (Å²) in [7, 11) is 0. The molecule has 1 N–H and O–H groups in total. The maximum atomic E-state index is 12.3. The van der Waals surface area contributed by atoms with Gasteiger partial charge in [0, 0.05) is 11.6 Å². The Bertz CT molecular complexity index is 626. The number of carbonyl (C=O) groups excluding carboxylic acids is 1. The first-order valence-corrected chi connectivity index (χ1v) is 7.37. The van der Waals surface area contributed by atoms with Crippen LogP contribution in [0.5, 0.6) is 5.75 Å². The molecule has 1 aliphatic carbocycles. The molecule has 0 saturated carbocycles. The lowest BCUT2D eigenvalue weighted by atomic mass is 10.1. The number of amides is 1. The molecule has 0 bridgehead atoms. The maximum Gasteiger partial charge on any atom is 0.251 e. The molecule has 0 atom stereocenters. The molecule has 0 saturated heterocycles. The first-order valence-electron chi connectivity index (χ1n) is 7.37. The predicted octanol–water partition coefficient (Wildman–Crippen LogP) is 2.98. The average Bonchev–Trinajstić information content (AvgIpc) is 2.90. The molecule has 1 aliphatic rings. The van der Waals surface area contributed by atoms with Gasteiger partial charge in [-0.3, -0.25) is 4.79 Å². The molecule has 0 radical (unpaired) electrons. The number of carbonyl (C=O) groups is 1. The second kappa shape index (κ2) is 6.00. The Morgan fingerprint density at radius 1 is 1.14 bits per heavy atom. The Morgan fingerprint density at radius 2 is 1.86 bits per heavy atom. The lowest BCUT2D eigenvalue weighted by molar-refractivity contribution is 0.0938. The third-order valence-corrected chi connectivity index (χ3v) is 3.79. The summed E-state index contributed by atoms with van der Waals surface area (Å²) < 4.78 is 5.44. The molecule has 3 rings (SSSR count). The first kappa shape index (κ1) is 13.7. The van der Waals surface area contributed by atoms with Crippen molar-refractivity contribution in [1.29, 1.82) is 0 Å². The van der Waals surface area contributed by atoms with Crippen molar-refractivity contribution in [3.8, 4) is 5.75 Å². The number of ether oxygens (including phenoxy) is 1. The quantitative estimate of drug-likeness (QED) is 0.935. The van der Waals surface area contributed by atoms with Crippen LogP contribution in [0, 0.1) is 0 Å². The van der Waals surface area contributed by atoms with E-state index >= 15 is 0 Å². The van der Waals surface area contributed by atoms with Crippen LogP contribution in [-0.2, 0) is 12.8 Å². The van der Waals surface area contributed by atoms with Gasteiger partial charge < -0.3 is 10.1 Å². The fraction of sp³-hybridized carbons (Fsp3) is 0.278. The van der Waals surface area contributed by atoms with E-state index in [9.17, 15) is 4.79 Å². The topological polar surface area (TPSA) is 38.3 Å². The predicted molar refractivity (Wildman–Crippen MR) is 82.7 cm³/mol. The van der Waals surface area contributed by atoms with E-state index in [2.05, 4.69) is 29.6 Å². The maximum absolute atomic E-state index is 12.3. The molecule has 0 fully saturated rings.